The smallest absolute Gasteiger partial charge is 0.338 e. The predicted octanol–water partition coefficient (Wildman–Crippen LogP) is 3.77. The number of benzene rings is 1. The molecule has 2 nitrogen and oxygen atoms in total. The molecule has 0 saturated heterocycles. The minimum Gasteiger partial charge on any atom is -0.462 e. The van der Waals surface area contributed by atoms with E-state index < -0.39 is 5.97 Å². The summed E-state index contributed by atoms with van der Waals surface area (Å²) in [5.41, 5.74) is 0.377. The van der Waals surface area contributed by atoms with Crippen molar-refractivity contribution in [1.82, 2.24) is 0 Å². The number of hydrogen-bond donors (Lipinski definition) is 0. The van der Waals surface area contributed by atoms with E-state index in [2.05, 4.69) is 0 Å². The molecule has 0 N–H and O–H groups in total. The molecule has 0 aliphatic heterocycles. The second-order valence-corrected chi connectivity index (χ2v) is 4.37. The van der Waals surface area contributed by atoms with Gasteiger partial charge in [-0.2, -0.15) is 0 Å². The van der Waals surface area contributed by atoms with E-state index in [1.807, 2.05) is 22.6 Å². The number of esters is 1. The van der Waals surface area contributed by atoms with E-state index in [0.29, 0.717) is 22.2 Å². The number of halogens is 3. The third-order valence-corrected chi connectivity index (χ3v) is 3.89. The summed E-state index contributed by atoms with van der Waals surface area (Å²) in [7, 11) is 0. The van der Waals surface area contributed by atoms with Gasteiger partial charge in [0, 0.05) is 0 Å². The molecule has 0 unspecified atom stereocenters. The number of ether oxygens (including phenoxy) is 1. The lowest BCUT2D eigenvalue weighted by molar-refractivity contribution is 0.0526. The number of carbonyl (C=O) groups is 1. The molecule has 14 heavy (non-hydrogen) atoms. The van der Waals surface area contributed by atoms with Gasteiger partial charge in [-0.15, -0.1) is 0 Å². The van der Waals surface area contributed by atoms with Gasteiger partial charge in [0.1, 0.15) is 0 Å². The van der Waals surface area contributed by atoms with Crippen molar-refractivity contribution in [3.05, 3.63) is 31.3 Å². The topological polar surface area (TPSA) is 26.3 Å². The molecule has 0 bridgehead atoms. The van der Waals surface area contributed by atoms with Crippen LogP contribution in [0.5, 0.6) is 0 Å². The van der Waals surface area contributed by atoms with Crippen molar-refractivity contribution in [2.75, 3.05) is 6.61 Å². The molecule has 0 spiro atoms. The molecule has 0 radical (unpaired) electrons. The van der Waals surface area contributed by atoms with Gasteiger partial charge in [0.2, 0.25) is 0 Å². The third kappa shape index (κ3) is 2.74. The monoisotopic (exact) mass is 344 g/mol. The summed E-state index contributed by atoms with van der Waals surface area (Å²) in [6.07, 6.45) is 0. The Morgan fingerprint density at radius 1 is 1.43 bits per heavy atom. The Hall–Kier alpha value is -0.000000000000000167. The molecule has 0 aliphatic carbocycles. The molecule has 0 amide bonds. The summed E-state index contributed by atoms with van der Waals surface area (Å²) < 4.78 is 5.55. The van der Waals surface area contributed by atoms with E-state index in [4.69, 9.17) is 27.9 Å². The highest BCUT2D eigenvalue weighted by atomic mass is 127. The maximum absolute atomic E-state index is 11.3. The Labute approximate surface area is 106 Å². The van der Waals surface area contributed by atoms with Crippen molar-refractivity contribution in [1.29, 1.82) is 0 Å². The third-order valence-electron chi connectivity index (χ3n) is 1.49. The van der Waals surface area contributed by atoms with Gasteiger partial charge in [-0.25, -0.2) is 4.79 Å². The van der Waals surface area contributed by atoms with E-state index >= 15 is 0 Å². The minimum absolute atomic E-state index is 0.333. The second-order valence-electron chi connectivity index (χ2n) is 2.47. The van der Waals surface area contributed by atoms with Crippen molar-refractivity contribution in [3.8, 4) is 0 Å². The summed E-state index contributed by atoms with van der Waals surface area (Å²) in [6.45, 7) is 2.08. The Balaban J connectivity index is 3.06. The first-order valence-corrected chi connectivity index (χ1v) is 5.71. The minimum atomic E-state index is -0.410. The summed E-state index contributed by atoms with van der Waals surface area (Å²) in [6, 6.07) is 3.10. The standard InChI is InChI=1S/C9H7Cl2IO2/c1-2-14-9(13)5-3-6(10)8(12)7(11)4-5/h3-4H,2H2,1H3. The number of rotatable bonds is 2. The maximum atomic E-state index is 11.3. The van der Waals surface area contributed by atoms with E-state index in [0.717, 1.165) is 3.57 Å². The molecule has 0 atom stereocenters. The van der Waals surface area contributed by atoms with Crippen LogP contribution in [0.2, 0.25) is 10.0 Å². The molecule has 0 saturated carbocycles. The highest BCUT2D eigenvalue weighted by Gasteiger charge is 2.11. The van der Waals surface area contributed by atoms with Gasteiger partial charge in [0.05, 0.1) is 25.8 Å². The lowest BCUT2D eigenvalue weighted by atomic mass is 10.2. The first-order valence-electron chi connectivity index (χ1n) is 3.88. The maximum Gasteiger partial charge on any atom is 0.338 e. The zero-order valence-electron chi connectivity index (χ0n) is 7.31. The Bertz CT molecular complexity index is 343. The SMILES string of the molecule is CCOC(=O)c1cc(Cl)c(I)c(Cl)c1. The molecule has 0 aromatic heterocycles. The Morgan fingerprint density at radius 2 is 1.93 bits per heavy atom. The van der Waals surface area contributed by atoms with Crippen LogP contribution in [0.1, 0.15) is 17.3 Å². The van der Waals surface area contributed by atoms with Crippen molar-refractivity contribution < 1.29 is 9.53 Å². The molecule has 0 heterocycles. The fourth-order valence-electron chi connectivity index (χ4n) is 0.888. The highest BCUT2D eigenvalue weighted by Crippen LogP contribution is 2.28. The fourth-order valence-corrected chi connectivity index (χ4v) is 1.69. The van der Waals surface area contributed by atoms with Crippen molar-refractivity contribution in [2.45, 2.75) is 6.92 Å². The number of carbonyl (C=O) groups excluding carboxylic acids is 1. The van der Waals surface area contributed by atoms with Gasteiger partial charge >= 0.3 is 5.97 Å². The van der Waals surface area contributed by atoms with Gasteiger partial charge in [-0.1, -0.05) is 23.2 Å². The quantitative estimate of drug-likeness (QED) is 0.463. The summed E-state index contributed by atoms with van der Waals surface area (Å²) >= 11 is 13.7. The van der Waals surface area contributed by atoms with Gasteiger partial charge in [0.15, 0.2) is 0 Å². The lowest BCUT2D eigenvalue weighted by Crippen LogP contribution is -2.04. The first kappa shape index (κ1) is 12.1. The van der Waals surface area contributed by atoms with Crippen LogP contribution in [0, 0.1) is 3.57 Å². The first-order chi connectivity index (χ1) is 6.56. The Kier molecular flexibility index (Phi) is 4.47. The normalized spacial score (nSPS) is 10.0. The van der Waals surface area contributed by atoms with Gasteiger partial charge in [-0.3, -0.25) is 0 Å². The summed E-state index contributed by atoms with van der Waals surface area (Å²) in [4.78, 5) is 11.3. The summed E-state index contributed by atoms with van der Waals surface area (Å²) in [5.74, 6) is -0.410. The summed E-state index contributed by atoms with van der Waals surface area (Å²) in [5, 5.41) is 0.919. The molecule has 5 heteroatoms. The molecule has 1 aromatic rings. The van der Waals surface area contributed by atoms with Crippen LogP contribution < -0.4 is 0 Å². The molecule has 1 rings (SSSR count). The average molecular weight is 345 g/mol. The molecule has 0 fully saturated rings. The second kappa shape index (κ2) is 5.19. The largest absolute Gasteiger partial charge is 0.462 e. The fraction of sp³-hybridized carbons (Fsp3) is 0.222. The predicted molar refractivity (Wildman–Crippen MR) is 65.1 cm³/mol. The zero-order chi connectivity index (χ0) is 10.7. The lowest BCUT2D eigenvalue weighted by Gasteiger charge is -2.04. The van der Waals surface area contributed by atoms with Crippen molar-refractivity contribution >= 4 is 51.8 Å². The zero-order valence-corrected chi connectivity index (χ0v) is 11.0. The highest BCUT2D eigenvalue weighted by molar-refractivity contribution is 14.1. The van der Waals surface area contributed by atoms with Gasteiger partial charge in [0.25, 0.3) is 0 Å². The molecule has 0 aliphatic rings. The van der Waals surface area contributed by atoms with E-state index in [1.54, 1.807) is 19.1 Å². The van der Waals surface area contributed by atoms with Crippen LogP contribution in [0.4, 0.5) is 0 Å². The van der Waals surface area contributed by atoms with E-state index in [-0.39, 0.29) is 0 Å². The molecular formula is C9H7Cl2IO2. The van der Waals surface area contributed by atoms with Crippen LogP contribution in [0.3, 0.4) is 0 Å². The van der Waals surface area contributed by atoms with Crippen LogP contribution >= 0.6 is 45.8 Å². The van der Waals surface area contributed by atoms with Gasteiger partial charge in [-0.05, 0) is 41.6 Å². The molecular weight excluding hydrogens is 338 g/mol. The van der Waals surface area contributed by atoms with Crippen LogP contribution in [0.25, 0.3) is 0 Å². The number of hydrogen-bond acceptors (Lipinski definition) is 2. The van der Waals surface area contributed by atoms with Crippen LogP contribution in [0.15, 0.2) is 12.1 Å². The van der Waals surface area contributed by atoms with Gasteiger partial charge < -0.3 is 4.74 Å². The Morgan fingerprint density at radius 3 is 2.36 bits per heavy atom. The molecule has 76 valence electrons. The molecule has 1 aromatic carbocycles. The average Bonchev–Trinajstić information content (AvgIpc) is 2.13. The van der Waals surface area contributed by atoms with Crippen LogP contribution in [-0.2, 0) is 4.74 Å². The van der Waals surface area contributed by atoms with Crippen molar-refractivity contribution in [2.24, 2.45) is 0 Å². The van der Waals surface area contributed by atoms with Crippen LogP contribution in [-0.4, -0.2) is 12.6 Å². The van der Waals surface area contributed by atoms with Crippen molar-refractivity contribution in [3.63, 3.8) is 0 Å². The van der Waals surface area contributed by atoms with E-state index in [9.17, 15) is 4.79 Å². The van der Waals surface area contributed by atoms with E-state index in [1.165, 1.54) is 0 Å².